The van der Waals surface area contributed by atoms with E-state index in [1.807, 2.05) is 50.2 Å². The lowest BCUT2D eigenvalue weighted by molar-refractivity contribution is -0.136. The fourth-order valence-corrected chi connectivity index (χ4v) is 3.94. The largest absolute Gasteiger partial charge is 0.494 e. The molecule has 4 rings (SSSR count). The topological polar surface area (TPSA) is 88.2 Å². The van der Waals surface area contributed by atoms with Crippen molar-refractivity contribution >= 4 is 23.6 Å². The second-order valence-electron chi connectivity index (χ2n) is 7.67. The highest BCUT2D eigenvalue weighted by Gasteiger charge is 2.43. The van der Waals surface area contributed by atoms with Crippen LogP contribution in [0.25, 0.3) is 0 Å². The molecule has 2 aliphatic rings. The molecule has 1 atom stereocenters. The van der Waals surface area contributed by atoms with Crippen molar-refractivity contribution in [3.05, 3.63) is 70.9 Å². The molecule has 0 spiro atoms. The van der Waals surface area contributed by atoms with E-state index in [1.165, 1.54) is 9.80 Å². The number of carbonyl (C=O) groups excluding carboxylic acids is 3. The Balaban J connectivity index is 1.64. The molecule has 0 aromatic heterocycles. The molecule has 0 aliphatic carbocycles. The van der Waals surface area contributed by atoms with Gasteiger partial charge in [0.15, 0.2) is 0 Å². The fourth-order valence-electron chi connectivity index (χ4n) is 3.94. The molecule has 166 valence electrons. The molecule has 1 N–H and O–H groups in total. The van der Waals surface area contributed by atoms with Crippen LogP contribution in [0.1, 0.15) is 24.1 Å². The first kappa shape index (κ1) is 21.4. The van der Waals surface area contributed by atoms with Crippen molar-refractivity contribution in [3.63, 3.8) is 0 Å². The van der Waals surface area contributed by atoms with Gasteiger partial charge in [0.05, 0.1) is 23.9 Å². The molecule has 8 nitrogen and oxygen atoms in total. The molecule has 0 radical (unpaired) electrons. The van der Waals surface area contributed by atoms with E-state index in [0.717, 1.165) is 11.3 Å². The molecule has 0 fully saturated rings. The number of aryl methyl sites for hydroxylation is 1. The number of benzene rings is 2. The second kappa shape index (κ2) is 8.74. The third kappa shape index (κ3) is 3.91. The van der Waals surface area contributed by atoms with Crippen molar-refractivity contribution in [3.8, 4) is 5.75 Å². The number of hydrogen-bond donors (Lipinski definition) is 1. The van der Waals surface area contributed by atoms with Crippen molar-refractivity contribution < 1.29 is 23.9 Å². The average molecular weight is 435 g/mol. The van der Waals surface area contributed by atoms with Gasteiger partial charge in [0.25, 0.3) is 0 Å². The number of hydrogen-bond acceptors (Lipinski definition) is 5. The standard InChI is InChI=1S/C24H25N3O5/c1-4-31-19-11-6-5-10-17(19)22-21-18(14-32-23(21)29)27(24(30)25-22)13-20(28)26(3)16-9-7-8-15(2)12-16/h5-12,22H,4,13-14H2,1-3H3,(H,25,30)/t22-/m0/s1. The Morgan fingerprint density at radius 1 is 1.22 bits per heavy atom. The number of anilines is 1. The summed E-state index contributed by atoms with van der Waals surface area (Å²) in [6.45, 7) is 3.98. The van der Waals surface area contributed by atoms with Crippen LogP contribution in [0.5, 0.6) is 5.75 Å². The van der Waals surface area contributed by atoms with Gasteiger partial charge in [-0.05, 0) is 37.6 Å². The summed E-state index contributed by atoms with van der Waals surface area (Å²) in [6, 6.07) is 13.6. The number of esters is 1. The van der Waals surface area contributed by atoms with Crippen LogP contribution in [0.15, 0.2) is 59.8 Å². The summed E-state index contributed by atoms with van der Waals surface area (Å²) in [5.41, 5.74) is 3.14. The van der Waals surface area contributed by atoms with Crippen LogP contribution in [0.2, 0.25) is 0 Å². The molecule has 2 aromatic rings. The fraction of sp³-hybridized carbons (Fsp3) is 0.292. The zero-order valence-corrected chi connectivity index (χ0v) is 18.3. The normalized spacial score (nSPS) is 17.6. The number of ether oxygens (including phenoxy) is 2. The minimum Gasteiger partial charge on any atom is -0.494 e. The Labute approximate surface area is 186 Å². The van der Waals surface area contributed by atoms with Crippen LogP contribution in [-0.2, 0) is 14.3 Å². The lowest BCUT2D eigenvalue weighted by Crippen LogP contribution is -2.50. The van der Waals surface area contributed by atoms with E-state index in [4.69, 9.17) is 9.47 Å². The van der Waals surface area contributed by atoms with E-state index in [1.54, 1.807) is 19.2 Å². The average Bonchev–Trinajstić information content (AvgIpc) is 3.17. The monoisotopic (exact) mass is 435 g/mol. The van der Waals surface area contributed by atoms with Gasteiger partial charge in [-0.3, -0.25) is 9.69 Å². The number of carbonyl (C=O) groups is 3. The number of nitrogens with one attached hydrogen (secondary N) is 1. The molecule has 2 aromatic carbocycles. The number of rotatable bonds is 6. The maximum atomic E-state index is 13.0. The van der Waals surface area contributed by atoms with Crippen molar-refractivity contribution in [2.24, 2.45) is 0 Å². The van der Waals surface area contributed by atoms with Crippen molar-refractivity contribution in [1.29, 1.82) is 0 Å². The minimum atomic E-state index is -0.712. The highest BCUT2D eigenvalue weighted by molar-refractivity contribution is 6.00. The molecule has 8 heteroatoms. The molecule has 32 heavy (non-hydrogen) atoms. The van der Waals surface area contributed by atoms with Crippen LogP contribution in [-0.4, -0.2) is 49.6 Å². The lowest BCUT2D eigenvalue weighted by Gasteiger charge is -2.33. The van der Waals surface area contributed by atoms with E-state index in [0.29, 0.717) is 29.2 Å². The highest BCUT2D eigenvalue weighted by atomic mass is 16.5. The van der Waals surface area contributed by atoms with Crippen LogP contribution >= 0.6 is 0 Å². The first-order valence-electron chi connectivity index (χ1n) is 10.4. The third-order valence-electron chi connectivity index (χ3n) is 5.58. The zero-order chi connectivity index (χ0) is 22.8. The summed E-state index contributed by atoms with van der Waals surface area (Å²) in [5, 5.41) is 2.85. The summed E-state index contributed by atoms with van der Waals surface area (Å²) in [7, 11) is 1.66. The Kier molecular flexibility index (Phi) is 5.85. The summed E-state index contributed by atoms with van der Waals surface area (Å²) >= 11 is 0. The molecule has 0 unspecified atom stereocenters. The Morgan fingerprint density at radius 3 is 2.75 bits per heavy atom. The first-order valence-corrected chi connectivity index (χ1v) is 10.4. The molecule has 2 aliphatic heterocycles. The maximum Gasteiger partial charge on any atom is 0.338 e. The van der Waals surface area contributed by atoms with Crippen molar-refractivity contribution in [2.75, 3.05) is 31.7 Å². The molecule has 3 amide bonds. The maximum absolute atomic E-state index is 13.0. The Morgan fingerprint density at radius 2 is 2.00 bits per heavy atom. The molecule has 2 heterocycles. The Hall–Kier alpha value is -3.81. The Bertz CT molecular complexity index is 1110. The molecular weight excluding hydrogens is 410 g/mol. The number of amides is 3. The van der Waals surface area contributed by atoms with E-state index in [-0.39, 0.29) is 19.1 Å². The molecule has 0 bridgehead atoms. The van der Waals surface area contributed by atoms with E-state index in [9.17, 15) is 14.4 Å². The second-order valence-corrected chi connectivity index (χ2v) is 7.67. The van der Waals surface area contributed by atoms with Crippen LogP contribution in [0.3, 0.4) is 0 Å². The van der Waals surface area contributed by atoms with Gasteiger partial charge in [0.2, 0.25) is 5.91 Å². The quantitative estimate of drug-likeness (QED) is 0.705. The van der Waals surface area contributed by atoms with Crippen molar-refractivity contribution in [1.82, 2.24) is 10.2 Å². The summed E-state index contributed by atoms with van der Waals surface area (Å²) in [4.78, 5) is 41.4. The van der Waals surface area contributed by atoms with E-state index in [2.05, 4.69) is 5.32 Å². The van der Waals surface area contributed by atoms with Crippen molar-refractivity contribution in [2.45, 2.75) is 19.9 Å². The minimum absolute atomic E-state index is 0.0592. The smallest absolute Gasteiger partial charge is 0.338 e. The van der Waals surface area contributed by atoms with Gasteiger partial charge in [0.1, 0.15) is 18.9 Å². The van der Waals surface area contributed by atoms with Crippen LogP contribution in [0, 0.1) is 6.92 Å². The predicted octanol–water partition coefficient (Wildman–Crippen LogP) is 2.93. The van der Waals surface area contributed by atoms with Gasteiger partial charge in [-0.2, -0.15) is 0 Å². The van der Waals surface area contributed by atoms with Gasteiger partial charge >= 0.3 is 12.0 Å². The van der Waals surface area contributed by atoms with Gasteiger partial charge in [-0.1, -0.05) is 30.3 Å². The van der Waals surface area contributed by atoms with Gasteiger partial charge < -0.3 is 19.7 Å². The van der Waals surface area contributed by atoms with Crippen LogP contribution in [0.4, 0.5) is 10.5 Å². The molecule has 0 saturated carbocycles. The SMILES string of the molecule is CCOc1ccccc1[C@@H]1NC(=O)N(CC(=O)N(C)c2cccc(C)c2)C2=C1C(=O)OC2. The molecule has 0 saturated heterocycles. The van der Waals surface area contributed by atoms with Gasteiger partial charge in [-0.25, -0.2) is 9.59 Å². The predicted molar refractivity (Wildman–Crippen MR) is 118 cm³/mol. The lowest BCUT2D eigenvalue weighted by atomic mass is 9.95. The zero-order valence-electron chi connectivity index (χ0n) is 18.3. The summed E-state index contributed by atoms with van der Waals surface area (Å²) < 4.78 is 11.0. The number of nitrogens with zero attached hydrogens (tertiary/aromatic N) is 2. The van der Waals surface area contributed by atoms with Gasteiger partial charge in [0, 0.05) is 18.3 Å². The number of urea groups is 1. The van der Waals surface area contributed by atoms with E-state index < -0.39 is 18.0 Å². The first-order chi connectivity index (χ1) is 15.4. The van der Waals surface area contributed by atoms with Gasteiger partial charge in [-0.15, -0.1) is 0 Å². The highest BCUT2D eigenvalue weighted by Crippen LogP contribution is 2.38. The number of para-hydroxylation sites is 1. The van der Waals surface area contributed by atoms with E-state index >= 15 is 0 Å². The third-order valence-corrected chi connectivity index (χ3v) is 5.58. The summed E-state index contributed by atoms with van der Waals surface area (Å²) in [5.74, 6) is -0.221. The number of likely N-dealkylation sites (N-methyl/N-ethyl adjacent to an activating group) is 1. The number of cyclic esters (lactones) is 1. The van der Waals surface area contributed by atoms with Crippen LogP contribution < -0.4 is 15.0 Å². The summed E-state index contributed by atoms with van der Waals surface area (Å²) in [6.07, 6.45) is 0. The molecular formula is C24H25N3O5.